The van der Waals surface area contributed by atoms with Gasteiger partial charge in [-0.3, -0.25) is 0 Å². The predicted octanol–water partition coefficient (Wildman–Crippen LogP) is 0.916. The summed E-state index contributed by atoms with van der Waals surface area (Å²) in [6, 6.07) is 0. The van der Waals surface area contributed by atoms with Crippen molar-refractivity contribution in [2.75, 3.05) is 0 Å². The first kappa shape index (κ1) is 6.16. The van der Waals surface area contributed by atoms with Crippen molar-refractivity contribution in [3.8, 4) is 10.5 Å². The number of rotatable bonds is 1. The molecule has 1 heteroatoms. The summed E-state index contributed by atoms with van der Waals surface area (Å²) in [6.07, 6.45) is 2.23. The van der Waals surface area contributed by atoms with Crippen molar-refractivity contribution in [2.24, 2.45) is 0 Å². The normalized spacial score (nSPS) is 6.50. The second-order valence-corrected chi connectivity index (χ2v) is 1.18. The van der Waals surface area contributed by atoms with Crippen LogP contribution in [-0.2, 0) is 0 Å². The van der Waals surface area contributed by atoms with E-state index in [0.717, 1.165) is 6.42 Å². The molecule has 0 aliphatic rings. The molecule has 0 N–H and O–H groups in total. The minimum absolute atomic E-state index is 1.05. The van der Waals surface area contributed by atoms with Gasteiger partial charge in [-0.15, -0.1) is 0 Å². The van der Waals surface area contributed by atoms with Gasteiger partial charge in [-0.1, -0.05) is 0 Å². The molecule has 0 unspecified atom stereocenters. The van der Waals surface area contributed by atoms with Crippen LogP contribution >= 0.6 is 0 Å². The Hall–Kier alpha value is 0.157. The Morgan fingerprint density at radius 3 is 2.50 bits per heavy atom. The zero-order chi connectivity index (χ0) is 4.83. The first-order chi connectivity index (χ1) is 2.91. The van der Waals surface area contributed by atoms with E-state index >= 15 is 0 Å². The summed E-state index contributed by atoms with van der Waals surface area (Å²) in [5, 5.41) is 0. The van der Waals surface area contributed by atoms with Gasteiger partial charge in [0.2, 0.25) is 0 Å². The fourth-order valence-corrected chi connectivity index (χ4v) is 0.250. The van der Waals surface area contributed by atoms with Gasteiger partial charge in [-0.2, -0.15) is 0 Å². The van der Waals surface area contributed by atoms with Gasteiger partial charge in [0.1, 0.15) is 0 Å². The molecule has 28 valence electrons. The van der Waals surface area contributed by atoms with Crippen LogP contribution in [0.4, 0.5) is 0 Å². The van der Waals surface area contributed by atoms with Crippen molar-refractivity contribution >= 4 is 17.7 Å². The third-order valence-electron chi connectivity index (χ3n) is 0.552. The van der Waals surface area contributed by atoms with Gasteiger partial charge in [-0.05, 0) is 0 Å². The van der Waals surface area contributed by atoms with E-state index in [2.05, 4.69) is 17.4 Å². The molecule has 0 spiro atoms. The van der Waals surface area contributed by atoms with Crippen LogP contribution in [-0.4, -0.2) is 17.7 Å². The van der Waals surface area contributed by atoms with Crippen LogP contribution in [0.25, 0.3) is 0 Å². The van der Waals surface area contributed by atoms with Crippen LogP contribution in [0.5, 0.6) is 0 Å². The molecule has 0 aliphatic carbocycles. The summed E-state index contributed by atoms with van der Waals surface area (Å²) in [5.41, 5.74) is 0. The van der Waals surface area contributed by atoms with Gasteiger partial charge in [-0.25, -0.2) is 0 Å². The zero-order valence-electron chi connectivity index (χ0n) is 4.41. The summed E-state index contributed by atoms with van der Waals surface area (Å²) in [5.74, 6) is 2.95. The molecule has 0 radical (unpaired) electrons. The summed E-state index contributed by atoms with van der Waals surface area (Å²) in [4.78, 5) is 0. The van der Waals surface area contributed by atoms with E-state index in [9.17, 15) is 0 Å². The van der Waals surface area contributed by atoms with E-state index in [0.29, 0.717) is 0 Å². The van der Waals surface area contributed by atoms with Crippen LogP contribution in [0.2, 0.25) is 0 Å². The van der Waals surface area contributed by atoms with E-state index in [-0.39, 0.29) is 0 Å². The van der Waals surface area contributed by atoms with Crippen LogP contribution in [0.15, 0.2) is 0 Å². The molecule has 0 aromatic heterocycles. The van der Waals surface area contributed by atoms with Crippen LogP contribution < -0.4 is 0 Å². The Bertz CT molecular complexity index is 65.7. The van der Waals surface area contributed by atoms with Gasteiger partial charge in [0.15, 0.2) is 0 Å². The Morgan fingerprint density at radius 2 is 2.33 bits per heavy atom. The van der Waals surface area contributed by atoms with E-state index in [1.807, 2.05) is 17.7 Å². The molecule has 0 aromatic rings. The van der Waals surface area contributed by atoms with Crippen LogP contribution in [0, 0.1) is 10.5 Å². The van der Waals surface area contributed by atoms with Crippen molar-refractivity contribution in [3.05, 3.63) is 0 Å². The second-order valence-electron chi connectivity index (χ2n) is 1.18. The molecular formula is C5H7Li. The van der Waals surface area contributed by atoms with Gasteiger partial charge >= 0.3 is 48.0 Å². The number of hydrogen-bond acceptors (Lipinski definition) is 0. The number of unbranched alkanes of at least 4 members (excludes halogenated alkanes) is 1. The van der Waals surface area contributed by atoms with Crippen molar-refractivity contribution in [1.29, 1.82) is 0 Å². The molecule has 0 saturated heterocycles. The van der Waals surface area contributed by atoms with Crippen molar-refractivity contribution < 1.29 is 0 Å². The Labute approximate surface area is 48.5 Å². The Balaban J connectivity index is 2.79. The molecule has 0 heterocycles. The van der Waals surface area contributed by atoms with Gasteiger partial charge < -0.3 is 0 Å². The SMILES string of the molecule is [Li][C]#CCCC. The molecular weight excluding hydrogens is 67.0 g/mol. The fraction of sp³-hybridized carbons (Fsp3) is 0.600. The summed E-state index contributed by atoms with van der Waals surface area (Å²) >= 11 is 1.87. The van der Waals surface area contributed by atoms with Gasteiger partial charge in [0, 0.05) is 0 Å². The van der Waals surface area contributed by atoms with Crippen LogP contribution in [0.1, 0.15) is 19.8 Å². The minimum atomic E-state index is 1.05. The first-order valence-electron chi connectivity index (χ1n) is 2.31. The first-order valence-corrected chi connectivity index (χ1v) is 2.31. The van der Waals surface area contributed by atoms with E-state index in [4.69, 9.17) is 0 Å². The molecule has 0 atom stereocenters. The average Bonchev–Trinajstić information content (AvgIpc) is 1.61. The third kappa shape index (κ3) is 4.16. The molecule has 0 fully saturated rings. The molecule has 0 nitrogen and oxygen atoms in total. The maximum absolute atomic E-state index is 2.95. The van der Waals surface area contributed by atoms with Crippen LogP contribution in [0.3, 0.4) is 0 Å². The molecule has 0 amide bonds. The fourth-order valence-electron chi connectivity index (χ4n) is 0.250. The molecule has 0 aromatic carbocycles. The molecule has 6 heavy (non-hydrogen) atoms. The van der Waals surface area contributed by atoms with Gasteiger partial charge in [0.05, 0.1) is 0 Å². The molecule has 0 saturated carbocycles. The summed E-state index contributed by atoms with van der Waals surface area (Å²) in [6.45, 7) is 2.13. The number of hydrogen-bond donors (Lipinski definition) is 0. The topological polar surface area (TPSA) is 0 Å². The summed E-state index contributed by atoms with van der Waals surface area (Å²) in [7, 11) is 0. The van der Waals surface area contributed by atoms with Gasteiger partial charge in [0.25, 0.3) is 0 Å². The Morgan fingerprint density at radius 1 is 1.67 bits per heavy atom. The molecule has 0 aliphatic heterocycles. The zero-order valence-corrected chi connectivity index (χ0v) is 4.41. The molecule has 0 bridgehead atoms. The summed E-state index contributed by atoms with van der Waals surface area (Å²) < 4.78 is 2.82. The van der Waals surface area contributed by atoms with Crippen molar-refractivity contribution in [1.82, 2.24) is 0 Å². The van der Waals surface area contributed by atoms with E-state index in [1.165, 1.54) is 6.42 Å². The maximum atomic E-state index is 2.95. The van der Waals surface area contributed by atoms with Crippen molar-refractivity contribution in [2.45, 2.75) is 19.8 Å². The third-order valence-corrected chi connectivity index (χ3v) is 0.552. The predicted molar refractivity (Wildman–Crippen MR) is 28.4 cm³/mol. The molecule has 0 rings (SSSR count). The monoisotopic (exact) mass is 74.1 g/mol. The quantitative estimate of drug-likeness (QED) is 0.320. The average molecular weight is 74.1 g/mol. The standard InChI is InChI=1S/C5H7.Li/c1-3-5-4-2;/h3,5H2,1H3;. The second kappa shape index (κ2) is 5.16. The van der Waals surface area contributed by atoms with E-state index < -0.39 is 0 Å². The van der Waals surface area contributed by atoms with E-state index in [1.54, 1.807) is 0 Å². The van der Waals surface area contributed by atoms with Crippen molar-refractivity contribution in [3.63, 3.8) is 0 Å². The Kier molecular flexibility index (Phi) is 5.29.